The van der Waals surface area contributed by atoms with Gasteiger partial charge >= 0.3 is 5.97 Å². The monoisotopic (exact) mass is 232 g/mol. The van der Waals surface area contributed by atoms with E-state index in [2.05, 4.69) is 32.9 Å². The predicted octanol–water partition coefficient (Wildman–Crippen LogP) is 2.97. The molecular formula is C12H24O2S. The van der Waals surface area contributed by atoms with Crippen LogP contribution in [0.15, 0.2) is 12.2 Å². The third-order valence-electron chi connectivity index (χ3n) is 2.67. The van der Waals surface area contributed by atoms with Crippen molar-refractivity contribution in [3.8, 4) is 0 Å². The van der Waals surface area contributed by atoms with Gasteiger partial charge in [-0.05, 0) is 36.9 Å². The van der Waals surface area contributed by atoms with Crippen LogP contribution < -0.4 is 0 Å². The second kappa shape index (κ2) is 6.21. The van der Waals surface area contributed by atoms with Gasteiger partial charge in [0.05, 0.1) is 6.61 Å². The van der Waals surface area contributed by atoms with Crippen molar-refractivity contribution in [2.24, 2.45) is 0 Å². The largest absolute Gasteiger partial charge is 0.462 e. The molecule has 0 aromatic rings. The van der Waals surface area contributed by atoms with Crippen molar-refractivity contribution in [2.45, 2.75) is 32.4 Å². The molecule has 0 aliphatic rings. The smallest absolute Gasteiger partial charge is 0.333 e. The molecule has 0 aromatic carbocycles. The highest BCUT2D eigenvalue weighted by Crippen LogP contribution is 2.45. The number of ether oxygens (including phenoxy) is 1. The summed E-state index contributed by atoms with van der Waals surface area (Å²) < 4.78 is 5.05. The molecule has 0 spiro atoms. The third kappa shape index (κ3) is 5.88. The van der Waals surface area contributed by atoms with Gasteiger partial charge in [0.25, 0.3) is 0 Å². The zero-order valence-electron chi connectivity index (χ0n) is 10.6. The van der Waals surface area contributed by atoms with E-state index in [9.17, 15) is 4.79 Å². The lowest BCUT2D eigenvalue weighted by molar-refractivity contribution is -0.138. The lowest BCUT2D eigenvalue weighted by Gasteiger charge is -2.35. The van der Waals surface area contributed by atoms with Crippen molar-refractivity contribution in [3.05, 3.63) is 12.2 Å². The van der Waals surface area contributed by atoms with E-state index in [0.29, 0.717) is 12.2 Å². The molecule has 0 aliphatic heterocycles. The van der Waals surface area contributed by atoms with E-state index < -0.39 is 10.0 Å². The lowest BCUT2D eigenvalue weighted by Crippen LogP contribution is -2.15. The Labute approximate surface area is 95.4 Å². The molecule has 0 fully saturated rings. The lowest BCUT2D eigenvalue weighted by atomic mass is 10.4. The summed E-state index contributed by atoms with van der Waals surface area (Å²) in [6.45, 7) is 10.3. The SMILES string of the molecule is C=C(C)C(=O)OCCCS(C)(C)C(C)C. The summed E-state index contributed by atoms with van der Waals surface area (Å²) in [5.74, 6) is 0.890. The molecule has 90 valence electrons. The van der Waals surface area contributed by atoms with Crippen LogP contribution in [0.2, 0.25) is 0 Å². The van der Waals surface area contributed by atoms with Crippen LogP contribution in [-0.2, 0) is 9.53 Å². The normalized spacial score (nSPS) is 12.7. The standard InChI is InChI=1S/C12H24O2S/c1-10(2)12(13)14-8-7-9-15(5,6)11(3)4/h11H,1,7-9H2,2-6H3. The number of carbonyl (C=O) groups is 1. The molecule has 0 radical (unpaired) electrons. The van der Waals surface area contributed by atoms with E-state index in [4.69, 9.17) is 4.74 Å². The van der Waals surface area contributed by atoms with Crippen LogP contribution in [0.4, 0.5) is 0 Å². The fraction of sp³-hybridized carbons (Fsp3) is 0.750. The first-order valence-corrected chi connectivity index (χ1v) is 7.98. The van der Waals surface area contributed by atoms with Gasteiger partial charge in [0.15, 0.2) is 0 Å². The fourth-order valence-corrected chi connectivity index (χ4v) is 2.29. The Bertz CT molecular complexity index is 232. The van der Waals surface area contributed by atoms with Gasteiger partial charge in [0.2, 0.25) is 0 Å². The summed E-state index contributed by atoms with van der Waals surface area (Å²) >= 11 is 0. The summed E-state index contributed by atoms with van der Waals surface area (Å²) in [6.07, 6.45) is 5.62. The fourth-order valence-electron chi connectivity index (χ4n) is 0.955. The average Bonchev–Trinajstić information content (AvgIpc) is 2.11. The van der Waals surface area contributed by atoms with E-state index in [1.807, 2.05) is 0 Å². The van der Waals surface area contributed by atoms with Crippen LogP contribution in [0.1, 0.15) is 27.2 Å². The molecule has 0 saturated heterocycles. The highest BCUT2D eigenvalue weighted by Gasteiger charge is 2.15. The molecule has 0 saturated carbocycles. The molecule has 0 rings (SSSR count). The molecule has 0 amide bonds. The summed E-state index contributed by atoms with van der Waals surface area (Å²) in [7, 11) is -0.530. The van der Waals surface area contributed by atoms with Gasteiger partial charge in [-0.15, -0.1) is 0 Å². The van der Waals surface area contributed by atoms with Gasteiger partial charge < -0.3 is 4.74 Å². The van der Waals surface area contributed by atoms with Gasteiger partial charge in [0.1, 0.15) is 0 Å². The maximum Gasteiger partial charge on any atom is 0.333 e. The molecular weight excluding hydrogens is 208 g/mol. The zero-order chi connectivity index (χ0) is 12.1. The predicted molar refractivity (Wildman–Crippen MR) is 69.8 cm³/mol. The Hall–Kier alpha value is -0.440. The van der Waals surface area contributed by atoms with E-state index >= 15 is 0 Å². The highest BCUT2D eigenvalue weighted by atomic mass is 32.3. The van der Waals surface area contributed by atoms with Crippen molar-refractivity contribution in [1.82, 2.24) is 0 Å². The van der Waals surface area contributed by atoms with Crippen molar-refractivity contribution >= 4 is 16.0 Å². The van der Waals surface area contributed by atoms with Gasteiger partial charge in [-0.2, -0.15) is 0 Å². The Morgan fingerprint density at radius 1 is 1.40 bits per heavy atom. The topological polar surface area (TPSA) is 26.3 Å². The molecule has 2 nitrogen and oxygen atoms in total. The van der Waals surface area contributed by atoms with Gasteiger partial charge in [-0.25, -0.2) is 14.8 Å². The molecule has 3 heteroatoms. The van der Waals surface area contributed by atoms with Gasteiger partial charge in [-0.1, -0.05) is 20.4 Å². The Kier molecular flexibility index (Phi) is 6.03. The van der Waals surface area contributed by atoms with Crippen LogP contribution in [0.3, 0.4) is 0 Å². The number of esters is 1. The first-order valence-electron chi connectivity index (χ1n) is 5.30. The summed E-state index contributed by atoms with van der Waals surface area (Å²) in [5.41, 5.74) is 0.477. The van der Waals surface area contributed by atoms with E-state index in [1.54, 1.807) is 6.92 Å². The van der Waals surface area contributed by atoms with Crippen LogP contribution in [-0.4, -0.2) is 36.1 Å². The van der Waals surface area contributed by atoms with Gasteiger partial charge in [-0.3, -0.25) is 0 Å². The van der Waals surface area contributed by atoms with E-state index in [1.165, 1.54) is 0 Å². The van der Waals surface area contributed by atoms with Gasteiger partial charge in [0, 0.05) is 5.57 Å². The van der Waals surface area contributed by atoms with Crippen LogP contribution in [0.25, 0.3) is 0 Å². The molecule has 0 atom stereocenters. The van der Waals surface area contributed by atoms with Crippen molar-refractivity contribution in [3.63, 3.8) is 0 Å². The molecule has 0 N–H and O–H groups in total. The Balaban J connectivity index is 3.72. The molecule has 0 unspecified atom stereocenters. The third-order valence-corrected chi connectivity index (χ3v) is 6.57. The quantitative estimate of drug-likeness (QED) is 0.400. The zero-order valence-corrected chi connectivity index (χ0v) is 11.4. The van der Waals surface area contributed by atoms with Crippen LogP contribution >= 0.6 is 10.0 Å². The second-order valence-corrected chi connectivity index (χ2v) is 9.24. The van der Waals surface area contributed by atoms with Crippen LogP contribution in [0, 0.1) is 0 Å². The Morgan fingerprint density at radius 2 is 1.93 bits per heavy atom. The maximum atomic E-state index is 11.1. The molecule has 15 heavy (non-hydrogen) atoms. The van der Waals surface area contributed by atoms with Crippen LogP contribution in [0.5, 0.6) is 0 Å². The Morgan fingerprint density at radius 3 is 2.33 bits per heavy atom. The number of carbonyl (C=O) groups excluding carboxylic acids is 1. The van der Waals surface area contributed by atoms with E-state index in [-0.39, 0.29) is 5.97 Å². The summed E-state index contributed by atoms with van der Waals surface area (Å²) in [5, 5.41) is 0.731. The van der Waals surface area contributed by atoms with Crippen molar-refractivity contribution < 1.29 is 9.53 Å². The molecule has 0 bridgehead atoms. The first kappa shape index (κ1) is 14.6. The van der Waals surface area contributed by atoms with Crippen molar-refractivity contribution in [1.29, 1.82) is 0 Å². The minimum absolute atomic E-state index is 0.271. The molecule has 0 heterocycles. The molecule has 0 aliphatic carbocycles. The second-order valence-electron chi connectivity index (χ2n) is 4.65. The van der Waals surface area contributed by atoms with Crippen molar-refractivity contribution in [2.75, 3.05) is 24.9 Å². The number of hydrogen-bond donors (Lipinski definition) is 0. The minimum Gasteiger partial charge on any atom is -0.462 e. The highest BCUT2D eigenvalue weighted by molar-refractivity contribution is 8.33. The van der Waals surface area contributed by atoms with E-state index in [0.717, 1.165) is 17.4 Å². The summed E-state index contributed by atoms with van der Waals surface area (Å²) in [6, 6.07) is 0. The summed E-state index contributed by atoms with van der Waals surface area (Å²) in [4.78, 5) is 11.1. The minimum atomic E-state index is -0.530. The first-order chi connectivity index (χ1) is 6.77. The number of rotatable bonds is 6. The average molecular weight is 232 g/mol. The molecule has 0 aromatic heterocycles. The maximum absolute atomic E-state index is 11.1. The number of hydrogen-bond acceptors (Lipinski definition) is 2.